The van der Waals surface area contributed by atoms with E-state index in [-0.39, 0.29) is 5.91 Å². The zero-order valence-electron chi connectivity index (χ0n) is 10.1. The van der Waals surface area contributed by atoms with E-state index < -0.39 is 0 Å². The molecular formula is C11H25N3O. The third kappa shape index (κ3) is 8.39. The lowest BCUT2D eigenvalue weighted by atomic mass is 10.2. The fourth-order valence-electron chi connectivity index (χ4n) is 1.41. The number of carbonyl (C=O) groups excluding carboxylic acids is 1. The Morgan fingerprint density at radius 2 is 2.00 bits per heavy atom. The monoisotopic (exact) mass is 215 g/mol. The van der Waals surface area contributed by atoms with Crippen LogP contribution in [0.25, 0.3) is 0 Å². The molecule has 4 heteroatoms. The molecule has 3 N–H and O–H groups in total. The van der Waals surface area contributed by atoms with Gasteiger partial charge in [-0.25, -0.2) is 0 Å². The van der Waals surface area contributed by atoms with Crippen LogP contribution in [0.4, 0.5) is 0 Å². The van der Waals surface area contributed by atoms with Crippen LogP contribution in [0.15, 0.2) is 0 Å². The number of nitrogens with one attached hydrogen (secondary N) is 1. The third-order valence-corrected chi connectivity index (χ3v) is 2.44. The molecule has 0 spiro atoms. The van der Waals surface area contributed by atoms with E-state index in [0.717, 1.165) is 45.3 Å². The van der Waals surface area contributed by atoms with E-state index in [1.54, 1.807) is 0 Å². The number of unbranched alkanes of at least 4 members (excludes halogenated alkanes) is 2. The molecular weight excluding hydrogens is 190 g/mol. The molecule has 0 aromatic carbocycles. The zero-order chi connectivity index (χ0) is 11.5. The molecule has 0 saturated carbocycles. The maximum absolute atomic E-state index is 11.6. The number of hydrogen-bond donors (Lipinski definition) is 2. The minimum Gasteiger partial charge on any atom is -0.346 e. The lowest BCUT2D eigenvalue weighted by Gasteiger charge is -2.16. The second-order valence-electron chi connectivity index (χ2n) is 3.87. The average molecular weight is 215 g/mol. The molecule has 0 aliphatic carbocycles. The first-order valence-electron chi connectivity index (χ1n) is 5.81. The molecule has 0 rings (SSSR count). The first kappa shape index (κ1) is 14.4. The molecule has 0 bridgehead atoms. The van der Waals surface area contributed by atoms with Gasteiger partial charge in [-0.1, -0.05) is 6.42 Å². The van der Waals surface area contributed by atoms with Crippen LogP contribution in [0.1, 0.15) is 32.1 Å². The second-order valence-corrected chi connectivity index (χ2v) is 3.87. The average Bonchev–Trinajstić information content (AvgIpc) is 2.24. The SMILES string of the molecule is CNCCCN(C)C(=O)CCCCCN. The van der Waals surface area contributed by atoms with E-state index in [1.165, 1.54) is 0 Å². The van der Waals surface area contributed by atoms with Crippen LogP contribution in [-0.4, -0.2) is 44.5 Å². The van der Waals surface area contributed by atoms with Gasteiger partial charge in [0.15, 0.2) is 0 Å². The summed E-state index contributed by atoms with van der Waals surface area (Å²) in [7, 11) is 3.80. The first-order chi connectivity index (χ1) is 7.22. The molecule has 0 aromatic heterocycles. The molecule has 1 amide bonds. The molecule has 0 fully saturated rings. The quantitative estimate of drug-likeness (QED) is 0.553. The van der Waals surface area contributed by atoms with Gasteiger partial charge in [0.25, 0.3) is 0 Å². The molecule has 15 heavy (non-hydrogen) atoms. The normalized spacial score (nSPS) is 10.3. The maximum Gasteiger partial charge on any atom is 0.222 e. The summed E-state index contributed by atoms with van der Waals surface area (Å²) < 4.78 is 0. The Morgan fingerprint density at radius 1 is 1.27 bits per heavy atom. The Kier molecular flexibility index (Phi) is 9.52. The Bertz CT molecular complexity index is 162. The van der Waals surface area contributed by atoms with Crippen molar-refractivity contribution in [1.82, 2.24) is 10.2 Å². The standard InChI is InChI=1S/C11H25N3O/c1-13-9-6-10-14(2)11(15)7-4-3-5-8-12/h13H,3-10,12H2,1-2H3. The highest BCUT2D eigenvalue weighted by Gasteiger charge is 2.06. The summed E-state index contributed by atoms with van der Waals surface area (Å²) in [5, 5.41) is 3.07. The van der Waals surface area contributed by atoms with Crippen molar-refractivity contribution in [2.75, 3.05) is 33.7 Å². The van der Waals surface area contributed by atoms with Gasteiger partial charge in [-0.15, -0.1) is 0 Å². The van der Waals surface area contributed by atoms with E-state index in [9.17, 15) is 4.79 Å². The highest BCUT2D eigenvalue weighted by molar-refractivity contribution is 5.75. The van der Waals surface area contributed by atoms with Gasteiger partial charge in [-0.3, -0.25) is 4.79 Å². The minimum absolute atomic E-state index is 0.253. The Labute approximate surface area is 93.2 Å². The van der Waals surface area contributed by atoms with Crippen molar-refractivity contribution in [1.29, 1.82) is 0 Å². The fourth-order valence-corrected chi connectivity index (χ4v) is 1.41. The fraction of sp³-hybridized carbons (Fsp3) is 0.909. The number of nitrogens with zero attached hydrogens (tertiary/aromatic N) is 1. The van der Waals surface area contributed by atoms with Crippen LogP contribution in [0.3, 0.4) is 0 Å². The van der Waals surface area contributed by atoms with Gasteiger partial charge in [-0.2, -0.15) is 0 Å². The largest absolute Gasteiger partial charge is 0.346 e. The smallest absolute Gasteiger partial charge is 0.222 e. The molecule has 0 saturated heterocycles. The van der Waals surface area contributed by atoms with Crippen LogP contribution >= 0.6 is 0 Å². The molecule has 0 unspecified atom stereocenters. The maximum atomic E-state index is 11.6. The van der Waals surface area contributed by atoms with E-state index in [1.807, 2.05) is 19.0 Å². The summed E-state index contributed by atoms with van der Waals surface area (Å²) in [4.78, 5) is 13.4. The molecule has 0 aromatic rings. The van der Waals surface area contributed by atoms with Crippen molar-refractivity contribution >= 4 is 5.91 Å². The van der Waals surface area contributed by atoms with Gasteiger partial charge in [-0.05, 0) is 39.4 Å². The summed E-state index contributed by atoms with van der Waals surface area (Å²) in [5.74, 6) is 0.253. The van der Waals surface area contributed by atoms with Crippen molar-refractivity contribution in [2.24, 2.45) is 5.73 Å². The predicted octanol–water partition coefficient (Wildman–Crippen LogP) is 0.573. The Morgan fingerprint density at radius 3 is 2.60 bits per heavy atom. The zero-order valence-corrected chi connectivity index (χ0v) is 10.1. The van der Waals surface area contributed by atoms with E-state index in [0.29, 0.717) is 6.42 Å². The molecule has 0 heterocycles. The highest BCUT2D eigenvalue weighted by Crippen LogP contribution is 2.02. The summed E-state index contributed by atoms with van der Waals surface area (Å²) in [5.41, 5.74) is 5.38. The van der Waals surface area contributed by atoms with Gasteiger partial charge in [0.1, 0.15) is 0 Å². The molecule has 4 nitrogen and oxygen atoms in total. The molecule has 90 valence electrons. The van der Waals surface area contributed by atoms with Crippen LogP contribution < -0.4 is 11.1 Å². The van der Waals surface area contributed by atoms with E-state index >= 15 is 0 Å². The Balaban J connectivity index is 3.42. The van der Waals surface area contributed by atoms with Gasteiger partial charge in [0.2, 0.25) is 5.91 Å². The molecule has 0 radical (unpaired) electrons. The molecule has 0 aliphatic heterocycles. The van der Waals surface area contributed by atoms with Crippen molar-refractivity contribution in [2.45, 2.75) is 32.1 Å². The van der Waals surface area contributed by atoms with Crippen molar-refractivity contribution in [3.05, 3.63) is 0 Å². The predicted molar refractivity (Wildman–Crippen MR) is 63.7 cm³/mol. The van der Waals surface area contributed by atoms with Crippen LogP contribution in [-0.2, 0) is 4.79 Å². The van der Waals surface area contributed by atoms with E-state index in [4.69, 9.17) is 5.73 Å². The second kappa shape index (κ2) is 9.93. The van der Waals surface area contributed by atoms with Crippen molar-refractivity contribution < 1.29 is 4.79 Å². The highest BCUT2D eigenvalue weighted by atomic mass is 16.2. The number of amides is 1. The van der Waals surface area contributed by atoms with Gasteiger partial charge >= 0.3 is 0 Å². The van der Waals surface area contributed by atoms with Gasteiger partial charge < -0.3 is 16.0 Å². The summed E-state index contributed by atoms with van der Waals surface area (Å²) in [6.45, 7) is 2.54. The minimum atomic E-state index is 0.253. The number of carbonyl (C=O) groups is 1. The van der Waals surface area contributed by atoms with Crippen LogP contribution in [0.5, 0.6) is 0 Å². The topological polar surface area (TPSA) is 58.4 Å². The lowest BCUT2D eigenvalue weighted by molar-refractivity contribution is -0.130. The molecule has 0 aliphatic rings. The van der Waals surface area contributed by atoms with Crippen molar-refractivity contribution in [3.8, 4) is 0 Å². The number of rotatable bonds is 9. The summed E-state index contributed by atoms with van der Waals surface area (Å²) in [6.07, 6.45) is 4.73. The first-order valence-corrected chi connectivity index (χ1v) is 5.81. The summed E-state index contributed by atoms with van der Waals surface area (Å²) >= 11 is 0. The lowest BCUT2D eigenvalue weighted by Crippen LogP contribution is -2.29. The van der Waals surface area contributed by atoms with E-state index in [2.05, 4.69) is 5.32 Å². The third-order valence-electron chi connectivity index (χ3n) is 2.44. The van der Waals surface area contributed by atoms with Gasteiger partial charge in [0.05, 0.1) is 0 Å². The van der Waals surface area contributed by atoms with Crippen LogP contribution in [0, 0.1) is 0 Å². The Hall–Kier alpha value is -0.610. The van der Waals surface area contributed by atoms with Crippen LogP contribution in [0.2, 0.25) is 0 Å². The van der Waals surface area contributed by atoms with Crippen molar-refractivity contribution in [3.63, 3.8) is 0 Å². The number of nitrogens with two attached hydrogens (primary N) is 1. The number of hydrogen-bond acceptors (Lipinski definition) is 3. The molecule has 0 atom stereocenters. The van der Waals surface area contributed by atoms with Gasteiger partial charge in [0, 0.05) is 20.0 Å². The summed E-state index contributed by atoms with van der Waals surface area (Å²) in [6, 6.07) is 0.